The Hall–Kier alpha value is -1.97. The van der Waals surface area contributed by atoms with Gasteiger partial charge in [0.25, 0.3) is 0 Å². The molecule has 0 saturated heterocycles. The molecule has 2 rings (SSSR count). The van der Waals surface area contributed by atoms with Crippen molar-refractivity contribution in [1.29, 1.82) is 0 Å². The molecule has 4 heteroatoms. The monoisotopic (exact) mass is 260 g/mol. The molecule has 0 aromatic carbocycles. The second-order valence-electron chi connectivity index (χ2n) is 5.02. The topological polar surface area (TPSA) is 60.4 Å². The highest BCUT2D eigenvalue weighted by Gasteiger charge is 2.39. The summed E-state index contributed by atoms with van der Waals surface area (Å²) in [6, 6.07) is 0. The summed E-state index contributed by atoms with van der Waals surface area (Å²) < 4.78 is 4.64. The Morgan fingerprint density at radius 1 is 1.47 bits per heavy atom. The van der Waals surface area contributed by atoms with Crippen LogP contribution in [0.2, 0.25) is 0 Å². The maximum absolute atomic E-state index is 11.4. The first-order valence-corrected chi connectivity index (χ1v) is 6.23. The van der Waals surface area contributed by atoms with Crippen LogP contribution in [0.3, 0.4) is 0 Å². The quantitative estimate of drug-likeness (QED) is 0.441. The largest absolute Gasteiger partial charge is 0.466 e. The maximum Gasteiger partial charge on any atom is 0.330 e. The molecule has 0 N–H and O–H groups in total. The average molecular weight is 260 g/mol. The first-order valence-electron chi connectivity index (χ1n) is 6.23. The van der Waals surface area contributed by atoms with Gasteiger partial charge in [0.2, 0.25) is 0 Å². The van der Waals surface area contributed by atoms with Crippen LogP contribution in [0.15, 0.2) is 36.0 Å². The lowest BCUT2D eigenvalue weighted by molar-refractivity contribution is -0.135. The maximum atomic E-state index is 11.4. The fraction of sp³-hybridized carbons (Fsp3) is 0.400. The minimum absolute atomic E-state index is 0.0250. The van der Waals surface area contributed by atoms with Gasteiger partial charge in [0.05, 0.1) is 7.11 Å². The predicted octanol–water partition coefficient (Wildman–Crippen LogP) is 1.77. The van der Waals surface area contributed by atoms with E-state index in [0.717, 1.165) is 18.3 Å². The predicted molar refractivity (Wildman–Crippen MR) is 69.2 cm³/mol. The van der Waals surface area contributed by atoms with Crippen molar-refractivity contribution in [3.63, 3.8) is 0 Å². The molecule has 1 fully saturated rings. The van der Waals surface area contributed by atoms with Crippen LogP contribution >= 0.6 is 0 Å². The highest BCUT2D eigenvalue weighted by atomic mass is 16.5. The number of hydrogen-bond donors (Lipinski definition) is 0. The molecule has 0 heterocycles. The van der Waals surface area contributed by atoms with Gasteiger partial charge in [0.15, 0.2) is 5.78 Å². The standard InChI is InChI=1S/C15H16O4/c1-19-14(18)8-12-10-15(9-11(12)4-7-16)5-2-13(17)3-6-15/h2-3,5-8,11H,4,9-10H2,1H3/b12-8+/t11-/m1/s1. The fourth-order valence-corrected chi connectivity index (χ4v) is 2.78. The molecule has 0 aliphatic heterocycles. The van der Waals surface area contributed by atoms with E-state index in [4.69, 9.17) is 0 Å². The van der Waals surface area contributed by atoms with Crippen LogP contribution in [0.25, 0.3) is 0 Å². The molecule has 0 aromatic heterocycles. The number of esters is 1. The minimum Gasteiger partial charge on any atom is -0.466 e. The van der Waals surface area contributed by atoms with E-state index in [1.807, 2.05) is 12.2 Å². The van der Waals surface area contributed by atoms with Crippen molar-refractivity contribution < 1.29 is 19.1 Å². The number of carbonyl (C=O) groups is 3. The van der Waals surface area contributed by atoms with Gasteiger partial charge >= 0.3 is 5.97 Å². The number of carbonyl (C=O) groups excluding carboxylic acids is 3. The molecule has 2 aliphatic carbocycles. The van der Waals surface area contributed by atoms with Gasteiger partial charge in [-0.1, -0.05) is 17.7 Å². The number of allylic oxidation sites excluding steroid dienone is 5. The van der Waals surface area contributed by atoms with Gasteiger partial charge < -0.3 is 9.53 Å². The average Bonchev–Trinajstić information content (AvgIpc) is 2.72. The Labute approximate surface area is 111 Å². The summed E-state index contributed by atoms with van der Waals surface area (Å²) in [6.45, 7) is 0. The number of rotatable bonds is 3. The highest BCUT2D eigenvalue weighted by Crippen LogP contribution is 2.49. The van der Waals surface area contributed by atoms with E-state index in [0.29, 0.717) is 12.8 Å². The van der Waals surface area contributed by atoms with Crippen molar-refractivity contribution in [2.75, 3.05) is 7.11 Å². The van der Waals surface area contributed by atoms with E-state index in [-0.39, 0.29) is 17.1 Å². The van der Waals surface area contributed by atoms with Crippen molar-refractivity contribution in [1.82, 2.24) is 0 Å². The molecule has 2 aliphatic rings. The molecule has 4 nitrogen and oxygen atoms in total. The van der Waals surface area contributed by atoms with Crippen molar-refractivity contribution in [3.8, 4) is 0 Å². The Bertz CT molecular complexity index is 480. The number of methoxy groups -OCH3 is 1. The molecule has 0 amide bonds. The summed E-state index contributed by atoms with van der Waals surface area (Å²) in [5.41, 5.74) is 0.684. The zero-order chi connectivity index (χ0) is 13.9. The third-order valence-electron chi connectivity index (χ3n) is 3.73. The van der Waals surface area contributed by atoms with Crippen LogP contribution in [0.5, 0.6) is 0 Å². The summed E-state index contributed by atoms with van der Waals surface area (Å²) in [4.78, 5) is 33.3. The van der Waals surface area contributed by atoms with Gasteiger partial charge in [-0.3, -0.25) is 4.79 Å². The third kappa shape index (κ3) is 2.89. The lowest BCUT2D eigenvalue weighted by Gasteiger charge is -2.22. The molecule has 1 spiro atoms. The highest BCUT2D eigenvalue weighted by molar-refractivity contribution is 6.00. The molecule has 19 heavy (non-hydrogen) atoms. The molecule has 1 saturated carbocycles. The van der Waals surface area contributed by atoms with Crippen molar-refractivity contribution in [3.05, 3.63) is 36.0 Å². The normalized spacial score (nSPS) is 26.1. The van der Waals surface area contributed by atoms with Crippen molar-refractivity contribution in [2.24, 2.45) is 11.3 Å². The van der Waals surface area contributed by atoms with E-state index < -0.39 is 5.97 Å². The number of ketones is 1. The smallest absolute Gasteiger partial charge is 0.330 e. The molecule has 0 aromatic rings. The number of aldehydes is 1. The Morgan fingerprint density at radius 3 is 2.74 bits per heavy atom. The van der Waals surface area contributed by atoms with E-state index in [9.17, 15) is 14.4 Å². The summed E-state index contributed by atoms with van der Waals surface area (Å²) in [7, 11) is 1.33. The zero-order valence-corrected chi connectivity index (χ0v) is 10.8. The molecule has 0 unspecified atom stereocenters. The van der Waals surface area contributed by atoms with Gasteiger partial charge in [-0.25, -0.2) is 4.79 Å². The lowest BCUT2D eigenvalue weighted by Crippen LogP contribution is -2.14. The van der Waals surface area contributed by atoms with E-state index in [1.54, 1.807) is 12.2 Å². The summed E-state index contributed by atoms with van der Waals surface area (Å²) in [5.74, 6) is -0.384. The lowest BCUT2D eigenvalue weighted by atomic mass is 9.81. The zero-order valence-electron chi connectivity index (χ0n) is 10.8. The van der Waals surface area contributed by atoms with E-state index >= 15 is 0 Å². The van der Waals surface area contributed by atoms with Crippen LogP contribution in [0, 0.1) is 11.3 Å². The Balaban J connectivity index is 2.25. The second-order valence-corrected chi connectivity index (χ2v) is 5.02. The van der Waals surface area contributed by atoms with Crippen LogP contribution < -0.4 is 0 Å². The summed E-state index contributed by atoms with van der Waals surface area (Å²) in [5, 5.41) is 0. The first kappa shape index (κ1) is 13.5. The van der Waals surface area contributed by atoms with Crippen LogP contribution in [0.4, 0.5) is 0 Å². The van der Waals surface area contributed by atoms with Gasteiger partial charge in [-0.15, -0.1) is 0 Å². The summed E-state index contributed by atoms with van der Waals surface area (Å²) in [6.07, 6.45) is 11.0. The van der Waals surface area contributed by atoms with E-state index in [1.165, 1.54) is 13.2 Å². The number of ether oxygens (including phenoxy) is 1. The minimum atomic E-state index is -0.400. The molecule has 0 radical (unpaired) electrons. The van der Waals surface area contributed by atoms with E-state index in [2.05, 4.69) is 4.74 Å². The first-order chi connectivity index (χ1) is 9.08. The van der Waals surface area contributed by atoms with Gasteiger partial charge in [0, 0.05) is 17.9 Å². The Kier molecular flexibility index (Phi) is 3.79. The Morgan fingerprint density at radius 2 is 2.16 bits per heavy atom. The summed E-state index contributed by atoms with van der Waals surface area (Å²) >= 11 is 0. The SMILES string of the molecule is COC(=O)/C=C1\CC2(C=CC(=O)C=C2)C[C@H]1CC=O. The molecule has 100 valence electrons. The van der Waals surface area contributed by atoms with Gasteiger partial charge in [-0.2, -0.15) is 0 Å². The molecule has 1 atom stereocenters. The van der Waals surface area contributed by atoms with Crippen LogP contribution in [-0.2, 0) is 19.1 Å². The van der Waals surface area contributed by atoms with Gasteiger partial charge in [-0.05, 0) is 30.9 Å². The van der Waals surface area contributed by atoms with Crippen LogP contribution in [0.1, 0.15) is 19.3 Å². The second kappa shape index (κ2) is 5.34. The van der Waals surface area contributed by atoms with Crippen LogP contribution in [-0.4, -0.2) is 25.1 Å². The molecular weight excluding hydrogens is 244 g/mol. The van der Waals surface area contributed by atoms with Crippen molar-refractivity contribution >= 4 is 18.0 Å². The third-order valence-corrected chi connectivity index (χ3v) is 3.73. The molecular formula is C15H16O4. The molecule has 0 bridgehead atoms. The number of hydrogen-bond acceptors (Lipinski definition) is 4. The van der Waals surface area contributed by atoms with Crippen molar-refractivity contribution in [2.45, 2.75) is 19.3 Å². The fourth-order valence-electron chi connectivity index (χ4n) is 2.78. The van der Waals surface area contributed by atoms with Gasteiger partial charge in [0.1, 0.15) is 6.29 Å².